The monoisotopic (exact) mass is 258 g/mol. The molecule has 0 unspecified atom stereocenters. The van der Waals surface area contributed by atoms with Gasteiger partial charge in [0.2, 0.25) is 0 Å². The highest BCUT2D eigenvalue weighted by molar-refractivity contribution is 5.44. The Morgan fingerprint density at radius 3 is 2.53 bits per heavy atom. The first-order chi connectivity index (χ1) is 9.22. The van der Waals surface area contributed by atoms with E-state index >= 15 is 0 Å². The van der Waals surface area contributed by atoms with Crippen LogP contribution in [0.4, 0.5) is 5.82 Å². The second-order valence-corrected chi connectivity index (χ2v) is 4.26. The summed E-state index contributed by atoms with van der Waals surface area (Å²) in [7, 11) is 3.27. The van der Waals surface area contributed by atoms with Crippen molar-refractivity contribution in [2.45, 2.75) is 13.5 Å². The Labute approximate surface area is 113 Å². The number of nitrogens with zero attached hydrogens (tertiary/aromatic N) is 1. The van der Waals surface area contributed by atoms with Gasteiger partial charge in [0.05, 0.1) is 14.2 Å². The molecule has 0 atom stereocenters. The Hall–Kier alpha value is -2.23. The first kappa shape index (κ1) is 13.2. The van der Waals surface area contributed by atoms with E-state index in [2.05, 4.69) is 10.3 Å². The number of rotatable bonds is 5. The van der Waals surface area contributed by atoms with Gasteiger partial charge < -0.3 is 14.8 Å². The highest BCUT2D eigenvalue weighted by Crippen LogP contribution is 2.27. The fraction of sp³-hybridized carbons (Fsp3) is 0.267. The SMILES string of the molecule is COc1ccc(CNc2cc(C)ccn2)cc1OC. The Kier molecular flexibility index (Phi) is 4.23. The Bertz CT molecular complexity index is 556. The van der Waals surface area contributed by atoms with Gasteiger partial charge in [0.15, 0.2) is 11.5 Å². The molecule has 4 heteroatoms. The van der Waals surface area contributed by atoms with Crippen molar-refractivity contribution in [3.8, 4) is 11.5 Å². The van der Waals surface area contributed by atoms with Gasteiger partial charge in [0, 0.05) is 12.7 Å². The zero-order chi connectivity index (χ0) is 13.7. The van der Waals surface area contributed by atoms with E-state index in [1.54, 1.807) is 20.4 Å². The third-order valence-corrected chi connectivity index (χ3v) is 2.84. The fourth-order valence-corrected chi connectivity index (χ4v) is 1.82. The van der Waals surface area contributed by atoms with Gasteiger partial charge in [-0.25, -0.2) is 4.98 Å². The van der Waals surface area contributed by atoms with E-state index in [4.69, 9.17) is 9.47 Å². The number of methoxy groups -OCH3 is 2. The van der Waals surface area contributed by atoms with Crippen LogP contribution < -0.4 is 14.8 Å². The molecule has 2 aromatic rings. The van der Waals surface area contributed by atoms with Crippen LogP contribution in [0.5, 0.6) is 11.5 Å². The van der Waals surface area contributed by atoms with Crippen LogP contribution >= 0.6 is 0 Å². The zero-order valence-corrected chi connectivity index (χ0v) is 11.4. The third-order valence-electron chi connectivity index (χ3n) is 2.84. The number of hydrogen-bond donors (Lipinski definition) is 1. The summed E-state index contributed by atoms with van der Waals surface area (Å²) in [5, 5.41) is 3.28. The lowest BCUT2D eigenvalue weighted by atomic mass is 10.2. The van der Waals surface area contributed by atoms with Crippen LogP contribution in [-0.2, 0) is 6.54 Å². The average molecular weight is 258 g/mol. The summed E-state index contributed by atoms with van der Waals surface area (Å²) in [6.45, 7) is 2.74. The molecule has 0 fully saturated rings. The van der Waals surface area contributed by atoms with E-state index in [1.165, 1.54) is 5.56 Å². The maximum atomic E-state index is 5.28. The molecule has 0 spiro atoms. The summed E-state index contributed by atoms with van der Waals surface area (Å²) in [6, 6.07) is 9.85. The summed E-state index contributed by atoms with van der Waals surface area (Å²) in [5.41, 5.74) is 2.30. The summed E-state index contributed by atoms with van der Waals surface area (Å²) < 4.78 is 10.5. The lowest BCUT2D eigenvalue weighted by Gasteiger charge is -2.10. The van der Waals surface area contributed by atoms with Gasteiger partial charge in [-0.05, 0) is 42.3 Å². The predicted octanol–water partition coefficient (Wildman–Crippen LogP) is 3.02. The number of hydrogen-bond acceptors (Lipinski definition) is 4. The van der Waals surface area contributed by atoms with Crippen molar-refractivity contribution >= 4 is 5.82 Å². The van der Waals surface area contributed by atoms with Crippen LogP contribution in [-0.4, -0.2) is 19.2 Å². The lowest BCUT2D eigenvalue weighted by Crippen LogP contribution is -2.02. The predicted molar refractivity (Wildman–Crippen MR) is 75.8 cm³/mol. The standard InChI is InChI=1S/C15H18N2O2/c1-11-6-7-16-15(8-11)17-10-12-4-5-13(18-2)14(9-12)19-3/h4-9H,10H2,1-3H3,(H,16,17). The smallest absolute Gasteiger partial charge is 0.161 e. The minimum Gasteiger partial charge on any atom is -0.493 e. The number of pyridine rings is 1. The quantitative estimate of drug-likeness (QED) is 0.895. The molecule has 0 aliphatic heterocycles. The minimum absolute atomic E-state index is 0.691. The summed E-state index contributed by atoms with van der Waals surface area (Å²) in [5.74, 6) is 2.34. The van der Waals surface area contributed by atoms with Crippen LogP contribution in [0.25, 0.3) is 0 Å². The van der Waals surface area contributed by atoms with Crippen LogP contribution in [0.2, 0.25) is 0 Å². The van der Waals surface area contributed by atoms with E-state index in [0.717, 1.165) is 22.9 Å². The second-order valence-electron chi connectivity index (χ2n) is 4.26. The van der Waals surface area contributed by atoms with Crippen LogP contribution in [0.3, 0.4) is 0 Å². The third kappa shape index (κ3) is 3.37. The molecule has 100 valence electrons. The van der Waals surface area contributed by atoms with Crippen molar-refractivity contribution in [2.24, 2.45) is 0 Å². The lowest BCUT2D eigenvalue weighted by molar-refractivity contribution is 0.354. The molecule has 1 N–H and O–H groups in total. The highest BCUT2D eigenvalue weighted by Gasteiger charge is 2.04. The number of anilines is 1. The number of benzene rings is 1. The molecule has 19 heavy (non-hydrogen) atoms. The maximum Gasteiger partial charge on any atom is 0.161 e. The molecule has 0 saturated heterocycles. The summed E-state index contributed by atoms with van der Waals surface area (Å²) in [6.07, 6.45) is 1.80. The van der Waals surface area contributed by atoms with Crippen LogP contribution in [0.1, 0.15) is 11.1 Å². The van der Waals surface area contributed by atoms with E-state index in [-0.39, 0.29) is 0 Å². The van der Waals surface area contributed by atoms with Gasteiger partial charge in [0.25, 0.3) is 0 Å². The Balaban J connectivity index is 2.07. The minimum atomic E-state index is 0.691. The molecule has 0 bridgehead atoms. The van der Waals surface area contributed by atoms with Gasteiger partial charge >= 0.3 is 0 Å². The molecule has 2 rings (SSSR count). The molecular formula is C15H18N2O2. The van der Waals surface area contributed by atoms with Crippen LogP contribution in [0, 0.1) is 6.92 Å². The van der Waals surface area contributed by atoms with Crippen molar-refractivity contribution in [3.05, 3.63) is 47.7 Å². The van der Waals surface area contributed by atoms with Gasteiger partial charge in [-0.3, -0.25) is 0 Å². The van der Waals surface area contributed by atoms with Crippen molar-refractivity contribution in [1.29, 1.82) is 0 Å². The molecule has 0 aliphatic carbocycles. The van der Waals surface area contributed by atoms with Gasteiger partial charge in [-0.1, -0.05) is 6.07 Å². The first-order valence-electron chi connectivity index (χ1n) is 6.10. The molecule has 1 heterocycles. The van der Waals surface area contributed by atoms with Crippen molar-refractivity contribution in [1.82, 2.24) is 4.98 Å². The molecule has 0 saturated carbocycles. The first-order valence-corrected chi connectivity index (χ1v) is 6.10. The molecule has 0 radical (unpaired) electrons. The number of nitrogens with one attached hydrogen (secondary N) is 1. The zero-order valence-electron chi connectivity index (χ0n) is 11.4. The van der Waals surface area contributed by atoms with Gasteiger partial charge in [-0.2, -0.15) is 0 Å². The fourth-order valence-electron chi connectivity index (χ4n) is 1.82. The molecule has 1 aromatic heterocycles. The van der Waals surface area contributed by atoms with Crippen molar-refractivity contribution < 1.29 is 9.47 Å². The Morgan fingerprint density at radius 2 is 1.84 bits per heavy atom. The molecule has 1 aromatic carbocycles. The second kappa shape index (κ2) is 6.09. The average Bonchev–Trinajstić information content (AvgIpc) is 2.45. The Morgan fingerprint density at radius 1 is 1.05 bits per heavy atom. The van der Waals surface area contributed by atoms with Crippen LogP contribution in [0.15, 0.2) is 36.5 Å². The molecular weight excluding hydrogens is 240 g/mol. The van der Waals surface area contributed by atoms with E-state index in [0.29, 0.717) is 6.54 Å². The largest absolute Gasteiger partial charge is 0.493 e. The molecule has 0 amide bonds. The number of ether oxygens (including phenoxy) is 2. The molecule has 0 aliphatic rings. The van der Waals surface area contributed by atoms with Gasteiger partial charge in [-0.15, -0.1) is 0 Å². The number of aryl methyl sites for hydroxylation is 1. The molecule has 4 nitrogen and oxygen atoms in total. The maximum absolute atomic E-state index is 5.28. The van der Waals surface area contributed by atoms with Crippen molar-refractivity contribution in [3.63, 3.8) is 0 Å². The number of aromatic nitrogens is 1. The summed E-state index contributed by atoms with van der Waals surface area (Å²) in [4.78, 5) is 4.26. The van der Waals surface area contributed by atoms with E-state index in [9.17, 15) is 0 Å². The van der Waals surface area contributed by atoms with E-state index in [1.807, 2.05) is 37.3 Å². The summed E-state index contributed by atoms with van der Waals surface area (Å²) >= 11 is 0. The highest BCUT2D eigenvalue weighted by atomic mass is 16.5. The topological polar surface area (TPSA) is 43.4 Å². The van der Waals surface area contributed by atoms with Gasteiger partial charge in [0.1, 0.15) is 5.82 Å². The van der Waals surface area contributed by atoms with Crippen molar-refractivity contribution in [2.75, 3.05) is 19.5 Å². The normalized spacial score (nSPS) is 10.1. The van der Waals surface area contributed by atoms with E-state index < -0.39 is 0 Å².